The molecule has 3 heteroatoms. The van der Waals surface area contributed by atoms with Crippen molar-refractivity contribution in [3.8, 4) is 0 Å². The Kier molecular flexibility index (Phi) is 3.89. The van der Waals surface area contributed by atoms with Crippen LogP contribution in [0.2, 0.25) is 10.0 Å². The molecule has 0 aliphatic heterocycles. The number of halogens is 3. The highest BCUT2D eigenvalue weighted by Crippen LogP contribution is 2.05. The fraction of sp³-hybridized carbons (Fsp3) is 0. The molecule has 2 rings (SSSR count). The Bertz CT molecular complexity index is 391. The maximum atomic E-state index is 5.83. The molecule has 0 saturated heterocycles. The molecule has 0 aliphatic carbocycles. The Labute approximate surface area is 109 Å². The molecule has 0 amide bonds. The summed E-state index contributed by atoms with van der Waals surface area (Å²) >= 11 is 11.5. The van der Waals surface area contributed by atoms with Gasteiger partial charge in [0.2, 0.25) is 0 Å². The molecule has 0 atom stereocenters. The van der Waals surface area contributed by atoms with E-state index >= 15 is 0 Å². The zero-order chi connectivity index (χ0) is 10.7. The van der Waals surface area contributed by atoms with Gasteiger partial charge in [0.15, 0.2) is 7.14 Å². The van der Waals surface area contributed by atoms with E-state index in [1.807, 2.05) is 24.3 Å². The maximum Gasteiger partial charge on any atom is 0.357 e. The van der Waals surface area contributed by atoms with Crippen molar-refractivity contribution in [1.82, 2.24) is 0 Å². The number of hydrogen-bond donors (Lipinski definition) is 0. The van der Waals surface area contributed by atoms with Crippen LogP contribution in [0, 0.1) is 7.14 Å². The average molecular weight is 350 g/mol. The van der Waals surface area contributed by atoms with Gasteiger partial charge in [-0.2, -0.15) is 0 Å². The smallest absolute Gasteiger partial charge is 0.0843 e. The maximum absolute atomic E-state index is 5.83. The lowest BCUT2D eigenvalue weighted by atomic mass is 10.4. The van der Waals surface area contributed by atoms with Gasteiger partial charge >= 0.3 is 21.2 Å². The van der Waals surface area contributed by atoms with Gasteiger partial charge in [0.05, 0.1) is 0 Å². The van der Waals surface area contributed by atoms with Gasteiger partial charge in [0.1, 0.15) is 0 Å². The first-order valence-corrected chi connectivity index (χ1v) is 7.31. The number of hydrogen-bond acceptors (Lipinski definition) is 0. The molecule has 0 bridgehead atoms. The molecule has 0 aromatic heterocycles. The van der Waals surface area contributed by atoms with E-state index in [0.717, 1.165) is 10.0 Å². The number of rotatable bonds is 2. The van der Waals surface area contributed by atoms with Crippen molar-refractivity contribution in [2.24, 2.45) is 0 Å². The van der Waals surface area contributed by atoms with Gasteiger partial charge < -0.3 is 0 Å². The summed E-state index contributed by atoms with van der Waals surface area (Å²) in [5, 5.41) is 1.58. The minimum atomic E-state index is -0.114. The fourth-order valence-electron chi connectivity index (χ4n) is 1.11. The van der Waals surface area contributed by atoms with Crippen LogP contribution < -0.4 is 21.2 Å². The third kappa shape index (κ3) is 3.37. The van der Waals surface area contributed by atoms with Crippen LogP contribution in [-0.2, 0) is 0 Å². The van der Waals surface area contributed by atoms with Crippen LogP contribution in [-0.4, -0.2) is 0 Å². The standard InChI is InChI=1S/C12H8Cl2I/c13-9-1-5-11(6-2-9)15-12-7-3-10(14)4-8-12/h1-8H/q+1. The Morgan fingerprint density at radius 3 is 1.27 bits per heavy atom. The Morgan fingerprint density at radius 2 is 0.933 bits per heavy atom. The minimum absolute atomic E-state index is 0.114. The Balaban J connectivity index is 2.15. The normalized spacial score (nSPS) is 10.3. The van der Waals surface area contributed by atoms with Crippen LogP contribution in [0.25, 0.3) is 0 Å². The van der Waals surface area contributed by atoms with E-state index in [-0.39, 0.29) is 21.2 Å². The molecule has 0 aliphatic rings. The summed E-state index contributed by atoms with van der Waals surface area (Å²) in [4.78, 5) is 0. The molecule has 0 fully saturated rings. The molecule has 0 N–H and O–H groups in total. The van der Waals surface area contributed by atoms with Crippen LogP contribution in [0.3, 0.4) is 0 Å². The zero-order valence-electron chi connectivity index (χ0n) is 7.75. The van der Waals surface area contributed by atoms with E-state index in [9.17, 15) is 0 Å². The van der Waals surface area contributed by atoms with Crippen molar-refractivity contribution in [3.05, 3.63) is 65.7 Å². The highest BCUT2D eigenvalue weighted by Gasteiger charge is 2.14. The second kappa shape index (κ2) is 5.19. The highest BCUT2D eigenvalue weighted by molar-refractivity contribution is 6.30. The van der Waals surface area contributed by atoms with Crippen LogP contribution in [0.15, 0.2) is 48.5 Å². The van der Waals surface area contributed by atoms with Gasteiger partial charge in [-0.1, -0.05) is 23.2 Å². The van der Waals surface area contributed by atoms with Crippen LogP contribution >= 0.6 is 23.2 Å². The molecule has 0 nitrogen and oxygen atoms in total. The lowest BCUT2D eigenvalue weighted by Crippen LogP contribution is -3.61. The zero-order valence-corrected chi connectivity index (χ0v) is 11.4. The van der Waals surface area contributed by atoms with Crippen molar-refractivity contribution < 1.29 is 21.2 Å². The summed E-state index contributed by atoms with van der Waals surface area (Å²) in [6.07, 6.45) is 0. The third-order valence-corrected chi connectivity index (χ3v) is 5.01. The molecule has 0 saturated carbocycles. The second-order valence-corrected chi connectivity index (χ2v) is 6.87. The predicted octanol–water partition coefficient (Wildman–Crippen LogP) is 1.12. The Hall–Kier alpha value is -0.250. The summed E-state index contributed by atoms with van der Waals surface area (Å²) < 4.78 is 2.72. The first-order chi connectivity index (χ1) is 7.24. The molecule has 76 valence electrons. The van der Waals surface area contributed by atoms with Gasteiger partial charge in [-0.25, -0.2) is 0 Å². The second-order valence-electron chi connectivity index (χ2n) is 2.97. The lowest BCUT2D eigenvalue weighted by Gasteiger charge is -1.89. The van der Waals surface area contributed by atoms with Gasteiger partial charge in [0, 0.05) is 10.0 Å². The monoisotopic (exact) mass is 349 g/mol. The molecule has 0 unspecified atom stereocenters. The van der Waals surface area contributed by atoms with E-state index in [4.69, 9.17) is 23.2 Å². The van der Waals surface area contributed by atoms with Gasteiger partial charge in [-0.3, -0.25) is 0 Å². The Morgan fingerprint density at radius 1 is 0.600 bits per heavy atom. The molecule has 2 aromatic carbocycles. The molecule has 2 aromatic rings. The largest absolute Gasteiger partial charge is 0.357 e. The summed E-state index contributed by atoms with van der Waals surface area (Å²) in [5.74, 6) is 0. The van der Waals surface area contributed by atoms with Gasteiger partial charge in [-0.05, 0) is 48.5 Å². The predicted molar refractivity (Wildman–Crippen MR) is 60.3 cm³/mol. The summed E-state index contributed by atoms with van der Waals surface area (Å²) in [6.45, 7) is 0. The topological polar surface area (TPSA) is 0 Å². The van der Waals surface area contributed by atoms with Gasteiger partial charge in [-0.15, -0.1) is 0 Å². The molecule has 0 radical (unpaired) electrons. The minimum Gasteiger partial charge on any atom is -0.0843 e. The molecular weight excluding hydrogens is 342 g/mol. The van der Waals surface area contributed by atoms with Crippen molar-refractivity contribution >= 4 is 23.2 Å². The third-order valence-electron chi connectivity index (χ3n) is 1.83. The lowest BCUT2D eigenvalue weighted by molar-refractivity contribution is -0.597. The number of benzene rings is 2. The summed E-state index contributed by atoms with van der Waals surface area (Å²) in [7, 11) is 0. The van der Waals surface area contributed by atoms with E-state index in [1.54, 1.807) is 0 Å². The van der Waals surface area contributed by atoms with Crippen LogP contribution in [0.5, 0.6) is 0 Å². The molecule has 0 spiro atoms. The fourth-order valence-corrected chi connectivity index (χ4v) is 3.52. The van der Waals surface area contributed by atoms with Crippen molar-refractivity contribution in [2.75, 3.05) is 0 Å². The van der Waals surface area contributed by atoms with Crippen LogP contribution in [0.1, 0.15) is 0 Å². The SMILES string of the molecule is Clc1ccc([I+]c2ccc(Cl)cc2)cc1. The van der Waals surface area contributed by atoms with Crippen molar-refractivity contribution in [1.29, 1.82) is 0 Å². The first kappa shape index (κ1) is 11.2. The van der Waals surface area contributed by atoms with Crippen molar-refractivity contribution in [3.63, 3.8) is 0 Å². The molecule has 15 heavy (non-hydrogen) atoms. The van der Waals surface area contributed by atoms with E-state index in [1.165, 1.54) is 7.14 Å². The van der Waals surface area contributed by atoms with Gasteiger partial charge in [0.25, 0.3) is 0 Å². The van der Waals surface area contributed by atoms with Crippen LogP contribution in [0.4, 0.5) is 0 Å². The molecular formula is C12H8Cl2I+. The van der Waals surface area contributed by atoms with E-state index in [0.29, 0.717) is 0 Å². The summed E-state index contributed by atoms with van der Waals surface area (Å²) in [5.41, 5.74) is 0. The van der Waals surface area contributed by atoms with E-state index < -0.39 is 0 Å². The molecule has 0 heterocycles. The average Bonchev–Trinajstić information content (AvgIpc) is 2.25. The van der Waals surface area contributed by atoms with E-state index in [2.05, 4.69) is 24.3 Å². The van der Waals surface area contributed by atoms with Crippen molar-refractivity contribution in [2.45, 2.75) is 0 Å². The first-order valence-electron chi connectivity index (χ1n) is 4.40. The quantitative estimate of drug-likeness (QED) is 0.713. The summed E-state index contributed by atoms with van der Waals surface area (Å²) in [6, 6.07) is 16.1. The highest BCUT2D eigenvalue weighted by atomic mass is 127.